The lowest BCUT2D eigenvalue weighted by atomic mass is 10.2. The highest BCUT2D eigenvalue weighted by molar-refractivity contribution is 7.13. The summed E-state index contributed by atoms with van der Waals surface area (Å²) in [6.07, 6.45) is 1.71. The summed E-state index contributed by atoms with van der Waals surface area (Å²) in [7, 11) is 0. The number of amides is 1. The number of aryl methyl sites for hydroxylation is 1. The van der Waals surface area contributed by atoms with Crippen LogP contribution in [0.5, 0.6) is 5.75 Å². The zero-order valence-electron chi connectivity index (χ0n) is 17.8. The molecule has 0 aliphatic carbocycles. The van der Waals surface area contributed by atoms with Gasteiger partial charge in [0.15, 0.2) is 6.61 Å². The first-order valence-corrected chi connectivity index (χ1v) is 10.9. The summed E-state index contributed by atoms with van der Waals surface area (Å²) in [4.78, 5) is 28.0. The molecule has 0 spiro atoms. The molecular formula is C23H24N4O4S. The molecule has 166 valence electrons. The number of hydrazone groups is 1. The summed E-state index contributed by atoms with van der Waals surface area (Å²) in [5.74, 6) is -0.0415. The molecule has 2 N–H and O–H groups in total. The van der Waals surface area contributed by atoms with E-state index in [1.54, 1.807) is 24.6 Å². The molecule has 32 heavy (non-hydrogen) atoms. The van der Waals surface area contributed by atoms with Crippen molar-refractivity contribution in [2.24, 2.45) is 5.10 Å². The van der Waals surface area contributed by atoms with Crippen molar-refractivity contribution in [2.75, 3.05) is 24.0 Å². The Morgan fingerprint density at radius 1 is 1.16 bits per heavy atom. The molecule has 0 saturated heterocycles. The van der Waals surface area contributed by atoms with E-state index < -0.39 is 0 Å². The van der Waals surface area contributed by atoms with Crippen molar-refractivity contribution in [3.63, 3.8) is 0 Å². The molecular weight excluding hydrogens is 428 g/mol. The molecule has 0 unspecified atom stereocenters. The van der Waals surface area contributed by atoms with Gasteiger partial charge in [0, 0.05) is 16.6 Å². The van der Waals surface area contributed by atoms with E-state index in [0.717, 1.165) is 5.56 Å². The number of carbonyl (C=O) groups excluding carboxylic acids is 2. The predicted molar refractivity (Wildman–Crippen MR) is 125 cm³/mol. The molecule has 1 heterocycles. The first kappa shape index (κ1) is 23.0. The lowest BCUT2D eigenvalue weighted by molar-refractivity contribution is -0.142. The molecule has 9 heteroatoms. The largest absolute Gasteiger partial charge is 0.483 e. The van der Waals surface area contributed by atoms with Crippen molar-refractivity contribution in [1.82, 2.24) is 4.98 Å². The van der Waals surface area contributed by atoms with Gasteiger partial charge in [-0.15, -0.1) is 11.3 Å². The van der Waals surface area contributed by atoms with Crippen LogP contribution < -0.4 is 15.5 Å². The second kappa shape index (κ2) is 11.6. The Morgan fingerprint density at radius 2 is 1.94 bits per heavy atom. The van der Waals surface area contributed by atoms with Crippen LogP contribution in [0.4, 0.5) is 10.8 Å². The Labute approximate surface area is 190 Å². The van der Waals surface area contributed by atoms with Gasteiger partial charge in [0.25, 0.3) is 5.91 Å². The Bertz CT molecular complexity index is 1080. The highest BCUT2D eigenvalue weighted by Crippen LogP contribution is 2.18. The van der Waals surface area contributed by atoms with Crippen LogP contribution in [0.25, 0.3) is 0 Å². The van der Waals surface area contributed by atoms with Gasteiger partial charge in [-0.1, -0.05) is 29.8 Å². The third-order valence-electron chi connectivity index (χ3n) is 4.16. The number of anilines is 2. The Kier molecular flexibility index (Phi) is 8.33. The molecule has 0 bridgehead atoms. The topological polar surface area (TPSA) is 102 Å². The van der Waals surface area contributed by atoms with E-state index in [2.05, 4.69) is 20.8 Å². The van der Waals surface area contributed by atoms with Crippen molar-refractivity contribution in [2.45, 2.75) is 20.3 Å². The van der Waals surface area contributed by atoms with Crippen LogP contribution in [0.1, 0.15) is 23.7 Å². The fourth-order valence-corrected chi connectivity index (χ4v) is 3.31. The Hall–Kier alpha value is -3.72. The lowest BCUT2D eigenvalue weighted by Gasteiger charge is -2.09. The zero-order valence-corrected chi connectivity index (χ0v) is 18.6. The molecule has 0 fully saturated rings. The van der Waals surface area contributed by atoms with E-state index >= 15 is 0 Å². The number of rotatable bonds is 10. The van der Waals surface area contributed by atoms with Crippen molar-refractivity contribution >= 4 is 40.2 Å². The van der Waals surface area contributed by atoms with Gasteiger partial charge >= 0.3 is 5.97 Å². The zero-order chi connectivity index (χ0) is 22.8. The second-order valence-corrected chi connectivity index (χ2v) is 7.59. The molecule has 0 aliphatic heterocycles. The van der Waals surface area contributed by atoms with E-state index in [1.807, 2.05) is 49.4 Å². The molecule has 1 aromatic heterocycles. The predicted octanol–water partition coefficient (Wildman–Crippen LogP) is 4.02. The maximum Gasteiger partial charge on any atom is 0.311 e. The van der Waals surface area contributed by atoms with Crippen molar-refractivity contribution in [3.05, 3.63) is 70.7 Å². The SMILES string of the molecule is CCOC(=O)Cc1csc(NN=Cc2ccccc2OCC(=O)Nc2ccc(C)cc2)n1. The summed E-state index contributed by atoms with van der Waals surface area (Å²) in [5, 5.41) is 9.31. The first-order valence-electron chi connectivity index (χ1n) is 10.0. The number of nitrogens with zero attached hydrogens (tertiary/aromatic N) is 2. The summed E-state index contributed by atoms with van der Waals surface area (Å²) in [6, 6.07) is 14.8. The molecule has 3 rings (SSSR count). The summed E-state index contributed by atoms with van der Waals surface area (Å²) in [5.41, 5.74) is 5.99. The van der Waals surface area contributed by atoms with E-state index in [0.29, 0.717) is 34.4 Å². The number of hydrogen-bond acceptors (Lipinski definition) is 8. The van der Waals surface area contributed by atoms with Gasteiger partial charge in [-0.3, -0.25) is 15.0 Å². The van der Waals surface area contributed by atoms with Crippen molar-refractivity contribution in [3.8, 4) is 5.75 Å². The number of benzene rings is 2. The Balaban J connectivity index is 1.53. The van der Waals surface area contributed by atoms with Crippen LogP contribution in [0.3, 0.4) is 0 Å². The normalized spacial score (nSPS) is 10.7. The number of carbonyl (C=O) groups is 2. The minimum atomic E-state index is -0.314. The average Bonchev–Trinajstić information content (AvgIpc) is 3.22. The molecule has 2 aromatic carbocycles. The smallest absolute Gasteiger partial charge is 0.311 e. The quantitative estimate of drug-likeness (QED) is 0.274. The van der Waals surface area contributed by atoms with Gasteiger partial charge in [-0.25, -0.2) is 4.98 Å². The van der Waals surface area contributed by atoms with E-state index in [4.69, 9.17) is 9.47 Å². The van der Waals surface area contributed by atoms with Gasteiger partial charge in [0.2, 0.25) is 5.13 Å². The highest BCUT2D eigenvalue weighted by Gasteiger charge is 2.09. The van der Waals surface area contributed by atoms with Gasteiger partial charge in [0.1, 0.15) is 5.75 Å². The summed E-state index contributed by atoms with van der Waals surface area (Å²) in [6.45, 7) is 3.96. The molecule has 0 atom stereocenters. The van der Waals surface area contributed by atoms with E-state index in [-0.39, 0.29) is 24.9 Å². The van der Waals surface area contributed by atoms with Gasteiger partial charge < -0.3 is 14.8 Å². The number of hydrogen-bond donors (Lipinski definition) is 2. The molecule has 1 amide bonds. The fraction of sp³-hybridized carbons (Fsp3) is 0.217. The monoisotopic (exact) mass is 452 g/mol. The number of nitrogens with one attached hydrogen (secondary N) is 2. The van der Waals surface area contributed by atoms with Gasteiger partial charge in [0.05, 0.1) is 24.9 Å². The maximum absolute atomic E-state index is 12.2. The highest BCUT2D eigenvalue weighted by atomic mass is 32.1. The van der Waals surface area contributed by atoms with Crippen LogP contribution in [0.15, 0.2) is 59.0 Å². The summed E-state index contributed by atoms with van der Waals surface area (Å²) < 4.78 is 10.6. The molecule has 8 nitrogen and oxygen atoms in total. The van der Waals surface area contributed by atoms with E-state index in [1.165, 1.54) is 11.3 Å². The second-order valence-electron chi connectivity index (χ2n) is 6.74. The number of thiazole rings is 1. The number of para-hydroxylation sites is 1. The number of esters is 1. The average molecular weight is 453 g/mol. The van der Waals surface area contributed by atoms with Crippen LogP contribution in [0.2, 0.25) is 0 Å². The third kappa shape index (κ3) is 7.21. The van der Waals surface area contributed by atoms with E-state index in [9.17, 15) is 9.59 Å². The van der Waals surface area contributed by atoms with Crippen LogP contribution in [-0.4, -0.2) is 36.3 Å². The van der Waals surface area contributed by atoms with Gasteiger partial charge in [-0.05, 0) is 38.1 Å². The minimum absolute atomic E-state index is 0.122. The molecule has 0 aliphatic rings. The van der Waals surface area contributed by atoms with Crippen molar-refractivity contribution in [1.29, 1.82) is 0 Å². The lowest BCUT2D eigenvalue weighted by Crippen LogP contribution is -2.20. The summed E-state index contributed by atoms with van der Waals surface area (Å²) >= 11 is 1.34. The first-order chi connectivity index (χ1) is 15.5. The van der Waals surface area contributed by atoms with Crippen molar-refractivity contribution < 1.29 is 19.1 Å². The third-order valence-corrected chi connectivity index (χ3v) is 4.96. The molecule has 0 saturated carbocycles. The van der Waals surface area contributed by atoms with Gasteiger partial charge in [-0.2, -0.15) is 5.10 Å². The Morgan fingerprint density at radius 3 is 2.72 bits per heavy atom. The van der Waals surface area contributed by atoms with Crippen LogP contribution in [-0.2, 0) is 20.7 Å². The van der Waals surface area contributed by atoms with Crippen LogP contribution in [0, 0.1) is 6.92 Å². The maximum atomic E-state index is 12.2. The van der Waals surface area contributed by atoms with Crippen LogP contribution >= 0.6 is 11.3 Å². The molecule has 0 radical (unpaired) electrons. The number of ether oxygens (including phenoxy) is 2. The minimum Gasteiger partial charge on any atom is -0.483 e. The number of aromatic nitrogens is 1. The fourth-order valence-electron chi connectivity index (χ4n) is 2.65. The standard InChI is InChI=1S/C23H24N4O4S/c1-3-30-22(29)12-19-15-32-23(26-19)27-24-13-17-6-4-5-7-20(17)31-14-21(28)25-18-10-8-16(2)9-11-18/h4-11,13,15H,3,12,14H2,1-2H3,(H,25,28)(H,26,27). The molecule has 3 aromatic rings.